The zero-order chi connectivity index (χ0) is 8.20. The molecule has 0 aromatic rings. The summed E-state index contributed by atoms with van der Waals surface area (Å²) in [6.07, 6.45) is 5.04. The summed E-state index contributed by atoms with van der Waals surface area (Å²) in [7, 11) is 0. The molecular formula is C10H20. The first-order valence-electron chi connectivity index (χ1n) is 4.28. The zero-order valence-corrected chi connectivity index (χ0v) is 7.99. The van der Waals surface area contributed by atoms with Crippen LogP contribution in [0.3, 0.4) is 0 Å². The van der Waals surface area contributed by atoms with Crippen molar-refractivity contribution in [2.75, 3.05) is 0 Å². The Labute approximate surface area is 65.3 Å². The second-order valence-electron chi connectivity index (χ2n) is 3.48. The molecule has 1 rings (SSSR count). The van der Waals surface area contributed by atoms with Crippen molar-refractivity contribution in [3.05, 3.63) is 11.6 Å². The molecule has 0 amide bonds. The van der Waals surface area contributed by atoms with E-state index in [-0.39, 0.29) is 0 Å². The van der Waals surface area contributed by atoms with E-state index in [0.29, 0.717) is 5.41 Å². The molecular weight excluding hydrogens is 120 g/mol. The highest BCUT2D eigenvalue weighted by molar-refractivity contribution is 5.11. The third kappa shape index (κ3) is 3.05. The smallest absolute Gasteiger partial charge is 0.0169 e. The lowest BCUT2D eigenvalue weighted by atomic mass is 9.94. The molecule has 0 bridgehead atoms. The molecule has 0 aromatic carbocycles. The Morgan fingerprint density at radius 2 is 1.80 bits per heavy atom. The van der Waals surface area contributed by atoms with Crippen molar-refractivity contribution in [3.8, 4) is 0 Å². The lowest BCUT2D eigenvalue weighted by Crippen LogP contribution is -2.00. The second kappa shape index (κ2) is 3.80. The van der Waals surface area contributed by atoms with Crippen molar-refractivity contribution >= 4 is 0 Å². The summed E-state index contributed by atoms with van der Waals surface area (Å²) in [5.41, 5.74) is 2.07. The zero-order valence-electron chi connectivity index (χ0n) is 7.99. The van der Waals surface area contributed by atoms with Gasteiger partial charge in [-0.2, -0.15) is 0 Å². The van der Waals surface area contributed by atoms with Crippen LogP contribution in [0.2, 0.25) is 0 Å². The van der Waals surface area contributed by atoms with Crippen LogP contribution in [0, 0.1) is 5.41 Å². The minimum Gasteiger partial charge on any atom is -0.0799 e. The lowest BCUT2D eigenvalue weighted by molar-refractivity contribution is 0.470. The molecule has 0 atom stereocenters. The average Bonchev–Trinajstić information content (AvgIpc) is 2.15. The fourth-order valence-corrected chi connectivity index (χ4v) is 1.33. The van der Waals surface area contributed by atoms with Gasteiger partial charge in [0.15, 0.2) is 0 Å². The quantitative estimate of drug-likeness (QED) is 0.449. The molecule has 60 valence electrons. The minimum atomic E-state index is 0.504. The van der Waals surface area contributed by atoms with Gasteiger partial charge in [0.1, 0.15) is 0 Å². The lowest BCUT2D eigenvalue weighted by Gasteiger charge is -2.11. The van der Waals surface area contributed by atoms with Crippen LogP contribution in [0.1, 0.15) is 47.5 Å². The summed E-state index contributed by atoms with van der Waals surface area (Å²) in [4.78, 5) is 0. The fourth-order valence-electron chi connectivity index (χ4n) is 1.33. The highest BCUT2D eigenvalue weighted by atomic mass is 14.2. The summed E-state index contributed by atoms with van der Waals surface area (Å²) in [6, 6.07) is 0. The maximum Gasteiger partial charge on any atom is -0.0169 e. The van der Waals surface area contributed by atoms with Crippen LogP contribution >= 0.6 is 0 Å². The van der Waals surface area contributed by atoms with E-state index in [1.165, 1.54) is 12.8 Å². The first-order chi connectivity index (χ1) is 4.60. The van der Waals surface area contributed by atoms with Crippen LogP contribution in [0.15, 0.2) is 11.6 Å². The van der Waals surface area contributed by atoms with E-state index in [1.807, 2.05) is 13.8 Å². The van der Waals surface area contributed by atoms with E-state index < -0.39 is 0 Å². The number of hydrogen-bond acceptors (Lipinski definition) is 0. The summed E-state index contributed by atoms with van der Waals surface area (Å²) in [6.45, 7) is 10.8. The Hall–Kier alpha value is -0.260. The molecule has 0 N–H and O–H groups in total. The van der Waals surface area contributed by atoms with Crippen molar-refractivity contribution < 1.29 is 0 Å². The summed E-state index contributed by atoms with van der Waals surface area (Å²) < 4.78 is 0. The fraction of sp³-hybridized carbons (Fsp3) is 0.800. The molecule has 0 unspecified atom stereocenters. The number of allylic oxidation sites excluding steroid dienone is 2. The summed E-state index contributed by atoms with van der Waals surface area (Å²) in [5.74, 6) is 0. The molecule has 0 heterocycles. The van der Waals surface area contributed by atoms with Gasteiger partial charge >= 0.3 is 0 Å². The van der Waals surface area contributed by atoms with E-state index in [1.54, 1.807) is 5.57 Å². The molecule has 1 aliphatic rings. The van der Waals surface area contributed by atoms with Crippen molar-refractivity contribution in [1.82, 2.24) is 0 Å². The van der Waals surface area contributed by atoms with E-state index in [2.05, 4.69) is 26.8 Å². The summed E-state index contributed by atoms with van der Waals surface area (Å²) in [5, 5.41) is 0. The molecule has 0 heteroatoms. The number of hydrogen-bond donors (Lipinski definition) is 0. The van der Waals surface area contributed by atoms with Gasteiger partial charge in [0.05, 0.1) is 0 Å². The van der Waals surface area contributed by atoms with Crippen LogP contribution < -0.4 is 0 Å². The third-order valence-electron chi connectivity index (χ3n) is 1.80. The van der Waals surface area contributed by atoms with Gasteiger partial charge in [-0.1, -0.05) is 39.3 Å². The van der Waals surface area contributed by atoms with Crippen LogP contribution in [-0.2, 0) is 0 Å². The molecule has 0 fully saturated rings. The van der Waals surface area contributed by atoms with Crippen molar-refractivity contribution in [3.63, 3.8) is 0 Å². The topological polar surface area (TPSA) is 0 Å². The molecule has 0 saturated carbocycles. The van der Waals surface area contributed by atoms with E-state index in [4.69, 9.17) is 0 Å². The monoisotopic (exact) mass is 140 g/mol. The minimum absolute atomic E-state index is 0.504. The molecule has 0 aromatic heterocycles. The Bertz CT molecular complexity index is 118. The maximum atomic E-state index is 2.38. The van der Waals surface area contributed by atoms with E-state index in [9.17, 15) is 0 Å². The Kier molecular flexibility index (Phi) is 3.70. The highest BCUT2D eigenvalue weighted by Crippen LogP contribution is 2.34. The standard InChI is InChI=1S/C8H14.C2H6/c1-7-4-5-8(2,3)6-7;1-2/h6H,4-5H2,1-3H3;1-2H3. The third-order valence-corrected chi connectivity index (χ3v) is 1.80. The van der Waals surface area contributed by atoms with E-state index >= 15 is 0 Å². The normalized spacial score (nSPS) is 21.1. The largest absolute Gasteiger partial charge is 0.0799 e. The van der Waals surface area contributed by atoms with Crippen molar-refractivity contribution in [1.29, 1.82) is 0 Å². The Balaban J connectivity index is 0.000000371. The number of rotatable bonds is 0. The van der Waals surface area contributed by atoms with Crippen LogP contribution in [0.5, 0.6) is 0 Å². The van der Waals surface area contributed by atoms with Gasteiger partial charge in [0.2, 0.25) is 0 Å². The molecule has 0 spiro atoms. The molecule has 0 aliphatic heterocycles. The molecule has 1 aliphatic carbocycles. The van der Waals surface area contributed by atoms with Gasteiger partial charge in [0, 0.05) is 0 Å². The molecule has 0 radical (unpaired) electrons. The van der Waals surface area contributed by atoms with Gasteiger partial charge in [-0.25, -0.2) is 0 Å². The predicted molar refractivity (Wildman–Crippen MR) is 48.1 cm³/mol. The average molecular weight is 140 g/mol. The van der Waals surface area contributed by atoms with Crippen LogP contribution in [-0.4, -0.2) is 0 Å². The van der Waals surface area contributed by atoms with Crippen LogP contribution in [0.25, 0.3) is 0 Å². The highest BCUT2D eigenvalue weighted by Gasteiger charge is 2.19. The molecule has 0 saturated heterocycles. The van der Waals surface area contributed by atoms with Gasteiger partial charge in [-0.05, 0) is 25.2 Å². The second-order valence-corrected chi connectivity index (χ2v) is 3.48. The maximum absolute atomic E-state index is 2.38. The van der Waals surface area contributed by atoms with Crippen molar-refractivity contribution in [2.24, 2.45) is 5.41 Å². The molecule has 10 heavy (non-hydrogen) atoms. The van der Waals surface area contributed by atoms with Crippen molar-refractivity contribution in [2.45, 2.75) is 47.5 Å². The Morgan fingerprint density at radius 1 is 1.30 bits per heavy atom. The first-order valence-corrected chi connectivity index (χ1v) is 4.28. The van der Waals surface area contributed by atoms with Gasteiger partial charge < -0.3 is 0 Å². The summed E-state index contributed by atoms with van der Waals surface area (Å²) >= 11 is 0. The van der Waals surface area contributed by atoms with E-state index in [0.717, 1.165) is 0 Å². The molecule has 0 nitrogen and oxygen atoms in total. The van der Waals surface area contributed by atoms with Gasteiger partial charge in [0.25, 0.3) is 0 Å². The van der Waals surface area contributed by atoms with Gasteiger partial charge in [-0.15, -0.1) is 0 Å². The SMILES string of the molecule is CC.CC1=CC(C)(C)CC1. The predicted octanol–water partition coefficient (Wildman–Crippen LogP) is 3.78. The Morgan fingerprint density at radius 3 is 1.90 bits per heavy atom. The van der Waals surface area contributed by atoms with Crippen LogP contribution in [0.4, 0.5) is 0 Å². The van der Waals surface area contributed by atoms with Gasteiger partial charge in [-0.3, -0.25) is 0 Å². The first kappa shape index (κ1) is 9.74.